The van der Waals surface area contributed by atoms with Crippen LogP contribution in [0.25, 0.3) is 0 Å². The fourth-order valence-corrected chi connectivity index (χ4v) is 2.30. The summed E-state index contributed by atoms with van der Waals surface area (Å²) < 4.78 is 0. The number of rotatable bonds is 2. The zero-order valence-electron chi connectivity index (χ0n) is 8.46. The van der Waals surface area contributed by atoms with Gasteiger partial charge in [-0.3, -0.25) is 0 Å². The standard InChI is InChI=1S/C12H17N/c1-13(2)9-10-7-11-5-3-4-6-12(11)8-10/h3-6,10H,7-9H2,1-2H3. The van der Waals surface area contributed by atoms with E-state index in [0.717, 1.165) is 5.92 Å². The monoisotopic (exact) mass is 175 g/mol. The highest BCUT2D eigenvalue weighted by Gasteiger charge is 2.20. The van der Waals surface area contributed by atoms with Crippen LogP contribution in [0.1, 0.15) is 11.1 Å². The van der Waals surface area contributed by atoms with Crippen molar-refractivity contribution in [3.63, 3.8) is 0 Å². The minimum Gasteiger partial charge on any atom is -0.309 e. The molecule has 70 valence electrons. The average molecular weight is 175 g/mol. The molecule has 0 aromatic heterocycles. The first-order valence-electron chi connectivity index (χ1n) is 4.97. The molecule has 13 heavy (non-hydrogen) atoms. The predicted molar refractivity (Wildman–Crippen MR) is 55.9 cm³/mol. The lowest BCUT2D eigenvalue weighted by atomic mass is 10.1. The van der Waals surface area contributed by atoms with Gasteiger partial charge < -0.3 is 4.90 Å². The van der Waals surface area contributed by atoms with Crippen LogP contribution in [0, 0.1) is 5.92 Å². The highest BCUT2D eigenvalue weighted by Crippen LogP contribution is 2.26. The van der Waals surface area contributed by atoms with Crippen LogP contribution in [-0.2, 0) is 12.8 Å². The summed E-state index contributed by atoms with van der Waals surface area (Å²) in [5.41, 5.74) is 3.13. The summed E-state index contributed by atoms with van der Waals surface area (Å²) in [5, 5.41) is 0. The van der Waals surface area contributed by atoms with Gasteiger partial charge in [-0.1, -0.05) is 24.3 Å². The number of benzene rings is 1. The zero-order valence-corrected chi connectivity index (χ0v) is 8.46. The van der Waals surface area contributed by atoms with Crippen LogP contribution in [0.3, 0.4) is 0 Å². The van der Waals surface area contributed by atoms with Gasteiger partial charge in [0, 0.05) is 6.54 Å². The van der Waals surface area contributed by atoms with Gasteiger partial charge in [0.1, 0.15) is 0 Å². The second-order valence-corrected chi connectivity index (χ2v) is 4.31. The van der Waals surface area contributed by atoms with Crippen molar-refractivity contribution in [1.29, 1.82) is 0 Å². The molecule has 0 saturated heterocycles. The fourth-order valence-electron chi connectivity index (χ4n) is 2.30. The van der Waals surface area contributed by atoms with Crippen molar-refractivity contribution in [1.82, 2.24) is 4.90 Å². The van der Waals surface area contributed by atoms with E-state index in [1.54, 1.807) is 11.1 Å². The van der Waals surface area contributed by atoms with Crippen LogP contribution in [0.2, 0.25) is 0 Å². The van der Waals surface area contributed by atoms with E-state index < -0.39 is 0 Å². The minimum atomic E-state index is 0.840. The van der Waals surface area contributed by atoms with Gasteiger partial charge in [0.25, 0.3) is 0 Å². The molecule has 0 atom stereocenters. The molecule has 0 unspecified atom stereocenters. The molecule has 1 aromatic carbocycles. The maximum atomic E-state index is 2.29. The lowest BCUT2D eigenvalue weighted by Crippen LogP contribution is -2.21. The quantitative estimate of drug-likeness (QED) is 0.664. The summed E-state index contributed by atoms with van der Waals surface area (Å²) in [4.78, 5) is 2.29. The summed E-state index contributed by atoms with van der Waals surface area (Å²) in [6, 6.07) is 8.84. The van der Waals surface area contributed by atoms with E-state index in [-0.39, 0.29) is 0 Å². The first kappa shape index (κ1) is 8.76. The number of nitrogens with zero attached hydrogens (tertiary/aromatic N) is 1. The molecule has 1 nitrogen and oxygen atoms in total. The van der Waals surface area contributed by atoms with Gasteiger partial charge in [-0.05, 0) is 44.0 Å². The van der Waals surface area contributed by atoms with Gasteiger partial charge in [-0.25, -0.2) is 0 Å². The zero-order chi connectivity index (χ0) is 9.26. The Hall–Kier alpha value is -0.820. The largest absolute Gasteiger partial charge is 0.309 e. The van der Waals surface area contributed by atoms with Crippen molar-refractivity contribution in [2.75, 3.05) is 20.6 Å². The Morgan fingerprint density at radius 3 is 2.15 bits per heavy atom. The van der Waals surface area contributed by atoms with Gasteiger partial charge in [0.2, 0.25) is 0 Å². The van der Waals surface area contributed by atoms with Crippen LogP contribution in [0.15, 0.2) is 24.3 Å². The summed E-state index contributed by atoms with van der Waals surface area (Å²) >= 11 is 0. The molecule has 0 saturated carbocycles. The Morgan fingerprint density at radius 2 is 1.69 bits per heavy atom. The lowest BCUT2D eigenvalue weighted by Gasteiger charge is -2.14. The summed E-state index contributed by atoms with van der Waals surface area (Å²) in [6.07, 6.45) is 2.54. The van der Waals surface area contributed by atoms with Crippen LogP contribution in [0.4, 0.5) is 0 Å². The molecule has 0 radical (unpaired) electrons. The Kier molecular flexibility index (Phi) is 2.36. The molecule has 1 aliphatic carbocycles. The van der Waals surface area contributed by atoms with E-state index in [4.69, 9.17) is 0 Å². The molecule has 2 rings (SSSR count). The number of hydrogen-bond donors (Lipinski definition) is 0. The van der Waals surface area contributed by atoms with E-state index in [1.165, 1.54) is 19.4 Å². The van der Waals surface area contributed by atoms with Crippen molar-refractivity contribution in [2.45, 2.75) is 12.8 Å². The third kappa shape index (κ3) is 1.92. The van der Waals surface area contributed by atoms with Gasteiger partial charge in [0.05, 0.1) is 0 Å². The van der Waals surface area contributed by atoms with Crippen molar-refractivity contribution >= 4 is 0 Å². The normalized spacial score (nSPS) is 16.5. The topological polar surface area (TPSA) is 3.24 Å². The Bertz CT molecular complexity index is 266. The first-order chi connectivity index (χ1) is 6.25. The van der Waals surface area contributed by atoms with Gasteiger partial charge in [-0.15, -0.1) is 0 Å². The molecule has 0 spiro atoms. The summed E-state index contributed by atoms with van der Waals surface area (Å²) in [5.74, 6) is 0.840. The molecule has 0 heterocycles. The van der Waals surface area contributed by atoms with E-state index in [1.807, 2.05) is 0 Å². The Labute approximate surface area is 80.4 Å². The lowest BCUT2D eigenvalue weighted by molar-refractivity contribution is 0.332. The molecule has 0 bridgehead atoms. The maximum Gasteiger partial charge on any atom is 0.000993 e. The fraction of sp³-hybridized carbons (Fsp3) is 0.500. The van der Waals surface area contributed by atoms with E-state index in [9.17, 15) is 0 Å². The Morgan fingerprint density at radius 1 is 1.15 bits per heavy atom. The van der Waals surface area contributed by atoms with Gasteiger partial charge in [0.15, 0.2) is 0 Å². The molecule has 0 fully saturated rings. The maximum absolute atomic E-state index is 2.29. The van der Waals surface area contributed by atoms with E-state index >= 15 is 0 Å². The van der Waals surface area contributed by atoms with Gasteiger partial charge >= 0.3 is 0 Å². The first-order valence-corrected chi connectivity index (χ1v) is 4.97. The summed E-state index contributed by atoms with van der Waals surface area (Å²) in [7, 11) is 4.31. The highest BCUT2D eigenvalue weighted by atomic mass is 15.1. The molecule has 0 N–H and O–H groups in total. The summed E-state index contributed by atoms with van der Waals surface area (Å²) in [6.45, 7) is 1.22. The van der Waals surface area contributed by atoms with Crippen LogP contribution >= 0.6 is 0 Å². The van der Waals surface area contributed by atoms with Crippen molar-refractivity contribution < 1.29 is 0 Å². The number of hydrogen-bond acceptors (Lipinski definition) is 1. The van der Waals surface area contributed by atoms with Crippen molar-refractivity contribution in [2.24, 2.45) is 5.92 Å². The second-order valence-electron chi connectivity index (χ2n) is 4.31. The van der Waals surface area contributed by atoms with Gasteiger partial charge in [-0.2, -0.15) is 0 Å². The van der Waals surface area contributed by atoms with Crippen molar-refractivity contribution in [3.8, 4) is 0 Å². The SMILES string of the molecule is CN(C)CC1Cc2ccccc2C1. The van der Waals surface area contributed by atoms with E-state index in [2.05, 4.69) is 43.3 Å². The molecule has 0 aliphatic heterocycles. The molecule has 0 amide bonds. The minimum absolute atomic E-state index is 0.840. The number of fused-ring (bicyclic) bond motifs is 1. The van der Waals surface area contributed by atoms with Crippen LogP contribution in [0.5, 0.6) is 0 Å². The second kappa shape index (κ2) is 3.51. The Balaban J connectivity index is 2.05. The third-order valence-electron chi connectivity index (χ3n) is 2.76. The smallest absolute Gasteiger partial charge is 0.000993 e. The molecule has 1 heteroatoms. The molecule has 1 aromatic rings. The van der Waals surface area contributed by atoms with Crippen molar-refractivity contribution in [3.05, 3.63) is 35.4 Å². The van der Waals surface area contributed by atoms with Crippen LogP contribution in [-0.4, -0.2) is 25.5 Å². The van der Waals surface area contributed by atoms with Crippen LogP contribution < -0.4 is 0 Å². The third-order valence-corrected chi connectivity index (χ3v) is 2.76. The molecule has 1 aliphatic rings. The van der Waals surface area contributed by atoms with E-state index in [0.29, 0.717) is 0 Å². The molecular formula is C12H17N. The predicted octanol–water partition coefficient (Wildman–Crippen LogP) is 1.96. The molecular weight excluding hydrogens is 158 g/mol. The highest BCUT2D eigenvalue weighted by molar-refractivity contribution is 5.32. The average Bonchev–Trinajstić information content (AvgIpc) is 2.44.